The molecule has 21 heavy (non-hydrogen) atoms. The second kappa shape index (κ2) is 5.64. The zero-order chi connectivity index (χ0) is 14.8. The lowest BCUT2D eigenvalue weighted by molar-refractivity contribution is 0.597. The molecule has 2 aromatic carbocycles. The molecule has 1 saturated heterocycles. The lowest BCUT2D eigenvalue weighted by Gasteiger charge is -2.38. The van der Waals surface area contributed by atoms with E-state index in [0.717, 1.165) is 43.1 Å². The highest BCUT2D eigenvalue weighted by molar-refractivity contribution is 5.68. The molecule has 0 aliphatic carbocycles. The number of anilines is 3. The molecule has 0 atom stereocenters. The van der Waals surface area contributed by atoms with Crippen molar-refractivity contribution in [2.24, 2.45) is 0 Å². The van der Waals surface area contributed by atoms with E-state index < -0.39 is 0 Å². The van der Waals surface area contributed by atoms with Gasteiger partial charge in [-0.15, -0.1) is 0 Å². The van der Waals surface area contributed by atoms with E-state index in [-0.39, 0.29) is 5.82 Å². The van der Waals surface area contributed by atoms with Crippen molar-refractivity contribution in [2.75, 3.05) is 41.7 Å². The maximum Gasteiger partial charge on any atom is 0.146 e. The van der Waals surface area contributed by atoms with Crippen LogP contribution in [0.3, 0.4) is 0 Å². The van der Waals surface area contributed by atoms with Gasteiger partial charge in [0.1, 0.15) is 5.82 Å². The predicted octanol–water partition coefficient (Wildman–Crippen LogP) is 3.04. The minimum absolute atomic E-state index is 0.136. The van der Waals surface area contributed by atoms with E-state index in [4.69, 9.17) is 5.73 Å². The third-order valence-corrected chi connectivity index (χ3v) is 4.00. The Hall–Kier alpha value is -2.23. The SMILES string of the molecule is Cc1ccc(N2CCN(c3ccccc3N)CC2)c(F)c1. The summed E-state index contributed by atoms with van der Waals surface area (Å²) in [5, 5.41) is 0. The fourth-order valence-electron chi connectivity index (χ4n) is 2.83. The van der Waals surface area contributed by atoms with Gasteiger partial charge in [0.15, 0.2) is 0 Å². The smallest absolute Gasteiger partial charge is 0.146 e. The summed E-state index contributed by atoms with van der Waals surface area (Å²) in [6.07, 6.45) is 0. The lowest BCUT2D eigenvalue weighted by Crippen LogP contribution is -2.47. The van der Waals surface area contributed by atoms with Gasteiger partial charge < -0.3 is 15.5 Å². The molecule has 1 aliphatic heterocycles. The van der Waals surface area contributed by atoms with Crippen LogP contribution in [-0.4, -0.2) is 26.2 Å². The van der Waals surface area contributed by atoms with Crippen molar-refractivity contribution in [1.29, 1.82) is 0 Å². The summed E-state index contributed by atoms with van der Waals surface area (Å²) in [4.78, 5) is 4.36. The van der Waals surface area contributed by atoms with Crippen molar-refractivity contribution in [3.05, 3.63) is 53.8 Å². The molecule has 3 rings (SSSR count). The first-order valence-electron chi connectivity index (χ1n) is 7.26. The zero-order valence-corrected chi connectivity index (χ0v) is 12.2. The van der Waals surface area contributed by atoms with Gasteiger partial charge >= 0.3 is 0 Å². The molecule has 0 aromatic heterocycles. The molecule has 3 nitrogen and oxygen atoms in total. The van der Waals surface area contributed by atoms with Crippen LogP contribution in [0.1, 0.15) is 5.56 Å². The Bertz CT molecular complexity index is 634. The van der Waals surface area contributed by atoms with Gasteiger partial charge in [-0.05, 0) is 36.8 Å². The van der Waals surface area contributed by atoms with Crippen LogP contribution in [0.4, 0.5) is 21.5 Å². The Labute approximate surface area is 124 Å². The number of hydrogen-bond acceptors (Lipinski definition) is 3. The Morgan fingerprint density at radius 1 is 0.905 bits per heavy atom. The van der Waals surface area contributed by atoms with Crippen LogP contribution < -0.4 is 15.5 Å². The normalized spacial score (nSPS) is 15.3. The second-order valence-electron chi connectivity index (χ2n) is 5.49. The molecule has 1 aliphatic rings. The molecule has 1 heterocycles. The van der Waals surface area contributed by atoms with Gasteiger partial charge in [0.05, 0.1) is 17.1 Å². The van der Waals surface area contributed by atoms with Crippen molar-refractivity contribution in [1.82, 2.24) is 0 Å². The molecule has 2 aromatic rings. The topological polar surface area (TPSA) is 32.5 Å². The van der Waals surface area contributed by atoms with Gasteiger partial charge in [-0.3, -0.25) is 0 Å². The van der Waals surface area contributed by atoms with Crippen LogP contribution in [0.5, 0.6) is 0 Å². The van der Waals surface area contributed by atoms with Crippen molar-refractivity contribution in [3.8, 4) is 0 Å². The fraction of sp³-hybridized carbons (Fsp3) is 0.294. The first kappa shape index (κ1) is 13.7. The summed E-state index contributed by atoms with van der Waals surface area (Å²) in [7, 11) is 0. The first-order chi connectivity index (χ1) is 10.1. The van der Waals surface area contributed by atoms with Gasteiger partial charge in [-0.25, -0.2) is 4.39 Å². The monoisotopic (exact) mass is 285 g/mol. The summed E-state index contributed by atoms with van der Waals surface area (Å²) in [6, 6.07) is 13.3. The number of nitrogen functional groups attached to an aromatic ring is 1. The Morgan fingerprint density at radius 2 is 1.52 bits per heavy atom. The van der Waals surface area contributed by atoms with Gasteiger partial charge in [0.2, 0.25) is 0 Å². The van der Waals surface area contributed by atoms with Crippen LogP contribution in [0.25, 0.3) is 0 Å². The van der Waals surface area contributed by atoms with Gasteiger partial charge in [0, 0.05) is 26.2 Å². The molecule has 0 saturated carbocycles. The van der Waals surface area contributed by atoms with E-state index in [1.165, 1.54) is 0 Å². The van der Waals surface area contributed by atoms with Crippen molar-refractivity contribution >= 4 is 17.1 Å². The number of nitrogens with zero attached hydrogens (tertiary/aromatic N) is 2. The van der Waals surface area contributed by atoms with Crippen molar-refractivity contribution < 1.29 is 4.39 Å². The number of piperazine rings is 1. The number of nitrogens with two attached hydrogens (primary N) is 1. The molecule has 0 bridgehead atoms. The minimum atomic E-state index is -0.136. The summed E-state index contributed by atoms with van der Waals surface area (Å²) in [6.45, 7) is 5.20. The third-order valence-electron chi connectivity index (χ3n) is 4.00. The molecular weight excluding hydrogens is 265 g/mol. The number of benzene rings is 2. The Balaban J connectivity index is 1.72. The Morgan fingerprint density at radius 3 is 2.14 bits per heavy atom. The second-order valence-corrected chi connectivity index (χ2v) is 5.49. The summed E-state index contributed by atoms with van der Waals surface area (Å²) in [5.41, 5.74) is 9.54. The zero-order valence-electron chi connectivity index (χ0n) is 12.2. The average molecular weight is 285 g/mol. The molecule has 0 amide bonds. The first-order valence-corrected chi connectivity index (χ1v) is 7.26. The van der Waals surface area contributed by atoms with E-state index >= 15 is 0 Å². The molecule has 110 valence electrons. The van der Waals surface area contributed by atoms with Gasteiger partial charge in [-0.2, -0.15) is 0 Å². The largest absolute Gasteiger partial charge is 0.397 e. The maximum absolute atomic E-state index is 14.0. The molecule has 4 heteroatoms. The number of hydrogen-bond donors (Lipinski definition) is 1. The highest BCUT2D eigenvalue weighted by atomic mass is 19.1. The number of aryl methyl sites for hydroxylation is 1. The van der Waals surface area contributed by atoms with Gasteiger partial charge in [0.25, 0.3) is 0 Å². The van der Waals surface area contributed by atoms with E-state index in [9.17, 15) is 4.39 Å². The Kier molecular flexibility index (Phi) is 3.69. The van der Waals surface area contributed by atoms with Crippen molar-refractivity contribution in [3.63, 3.8) is 0 Å². The van der Waals surface area contributed by atoms with Crippen LogP contribution in [0, 0.1) is 12.7 Å². The van der Waals surface area contributed by atoms with E-state index in [1.54, 1.807) is 6.07 Å². The van der Waals surface area contributed by atoms with Crippen LogP contribution in [0.15, 0.2) is 42.5 Å². The molecule has 0 radical (unpaired) electrons. The lowest BCUT2D eigenvalue weighted by atomic mass is 10.1. The number of para-hydroxylation sites is 2. The van der Waals surface area contributed by atoms with Gasteiger partial charge in [-0.1, -0.05) is 18.2 Å². The number of halogens is 1. The maximum atomic E-state index is 14.0. The highest BCUT2D eigenvalue weighted by Crippen LogP contribution is 2.26. The standard InChI is InChI=1S/C17H20FN3/c1-13-6-7-16(14(18)12-13)20-8-10-21(11-9-20)17-5-3-2-4-15(17)19/h2-7,12H,8-11,19H2,1H3. The molecule has 1 fully saturated rings. The number of rotatable bonds is 2. The third kappa shape index (κ3) is 2.79. The highest BCUT2D eigenvalue weighted by Gasteiger charge is 2.20. The average Bonchev–Trinajstić information content (AvgIpc) is 2.48. The fourth-order valence-corrected chi connectivity index (χ4v) is 2.83. The predicted molar refractivity (Wildman–Crippen MR) is 86.4 cm³/mol. The molecule has 0 spiro atoms. The minimum Gasteiger partial charge on any atom is -0.397 e. The van der Waals surface area contributed by atoms with Crippen LogP contribution in [-0.2, 0) is 0 Å². The van der Waals surface area contributed by atoms with Crippen LogP contribution in [0.2, 0.25) is 0 Å². The van der Waals surface area contributed by atoms with Crippen LogP contribution >= 0.6 is 0 Å². The summed E-state index contributed by atoms with van der Waals surface area (Å²) >= 11 is 0. The van der Waals surface area contributed by atoms with Crippen molar-refractivity contribution in [2.45, 2.75) is 6.92 Å². The van der Waals surface area contributed by atoms with E-state index in [0.29, 0.717) is 5.69 Å². The van der Waals surface area contributed by atoms with E-state index in [1.807, 2.05) is 43.3 Å². The molecular formula is C17H20FN3. The van der Waals surface area contributed by atoms with E-state index in [2.05, 4.69) is 9.80 Å². The summed E-state index contributed by atoms with van der Waals surface area (Å²) < 4.78 is 14.0. The molecule has 0 unspecified atom stereocenters. The summed E-state index contributed by atoms with van der Waals surface area (Å²) in [5.74, 6) is -0.136. The quantitative estimate of drug-likeness (QED) is 0.861. The molecule has 2 N–H and O–H groups in total.